The van der Waals surface area contributed by atoms with E-state index in [2.05, 4.69) is 20.9 Å². The molecule has 0 saturated heterocycles. The van der Waals surface area contributed by atoms with E-state index in [1.807, 2.05) is 0 Å². The number of aromatic hydroxyl groups is 1. The first-order valence-electron chi connectivity index (χ1n) is 7.61. The van der Waals surface area contributed by atoms with Crippen molar-refractivity contribution in [3.05, 3.63) is 57.6 Å². The van der Waals surface area contributed by atoms with Crippen molar-refractivity contribution in [1.29, 1.82) is 0 Å². The van der Waals surface area contributed by atoms with Crippen LogP contribution in [0.25, 0.3) is 0 Å². The van der Waals surface area contributed by atoms with Crippen LogP contribution < -0.4 is 0 Å². The van der Waals surface area contributed by atoms with E-state index >= 15 is 0 Å². The van der Waals surface area contributed by atoms with Crippen LogP contribution in [0.2, 0.25) is 0 Å². The first-order valence-corrected chi connectivity index (χ1v) is 8.40. The van der Waals surface area contributed by atoms with Gasteiger partial charge in [0.25, 0.3) is 0 Å². The first kappa shape index (κ1) is 18.1. The molecule has 1 aliphatic rings. The Morgan fingerprint density at radius 1 is 1.32 bits per heavy atom. The molecule has 0 saturated carbocycles. The van der Waals surface area contributed by atoms with Crippen molar-refractivity contribution in [2.24, 2.45) is 0 Å². The normalized spacial score (nSPS) is 21.2. The van der Waals surface area contributed by atoms with Crippen LogP contribution in [0.3, 0.4) is 0 Å². The summed E-state index contributed by atoms with van der Waals surface area (Å²) in [6, 6.07) is 4.16. The van der Waals surface area contributed by atoms with Gasteiger partial charge < -0.3 is 5.11 Å². The van der Waals surface area contributed by atoms with Crippen molar-refractivity contribution < 1.29 is 22.7 Å². The summed E-state index contributed by atoms with van der Waals surface area (Å²) in [4.78, 5) is 5.25. The molecule has 134 valence electrons. The fraction of sp³-hybridized carbons (Fsp3) is 0.353. The van der Waals surface area contributed by atoms with E-state index in [1.54, 1.807) is 6.92 Å². The van der Waals surface area contributed by atoms with E-state index in [4.69, 9.17) is 0 Å². The molecule has 2 aromatic rings. The number of nitrogens with zero attached hydrogens (tertiary/aromatic N) is 2. The fourth-order valence-corrected chi connectivity index (χ4v) is 3.59. The molecule has 25 heavy (non-hydrogen) atoms. The Hall–Kier alpha value is -1.67. The molecule has 0 aliphatic carbocycles. The highest BCUT2D eigenvalue weighted by atomic mass is 79.9. The molecule has 0 amide bonds. The van der Waals surface area contributed by atoms with Crippen LogP contribution in [0.5, 0.6) is 5.75 Å². The summed E-state index contributed by atoms with van der Waals surface area (Å²) >= 11 is 3.11. The second kappa shape index (κ2) is 6.57. The minimum atomic E-state index is -4.42. The van der Waals surface area contributed by atoms with Crippen molar-refractivity contribution >= 4 is 15.9 Å². The maximum absolute atomic E-state index is 14.5. The molecule has 3 rings (SSSR count). The molecule has 2 heterocycles. The summed E-state index contributed by atoms with van der Waals surface area (Å²) in [5.74, 6) is -0.655. The van der Waals surface area contributed by atoms with Crippen molar-refractivity contribution in [3.63, 3.8) is 0 Å². The van der Waals surface area contributed by atoms with E-state index in [0.29, 0.717) is 22.0 Å². The van der Waals surface area contributed by atoms with Crippen LogP contribution in [0.15, 0.2) is 34.9 Å². The molecule has 0 fully saturated rings. The molecule has 1 N–H and O–H groups in total. The third kappa shape index (κ3) is 3.79. The number of halogens is 5. The smallest absolute Gasteiger partial charge is 0.401 e. The summed E-state index contributed by atoms with van der Waals surface area (Å²) in [7, 11) is 0. The second-order valence-electron chi connectivity index (χ2n) is 6.15. The van der Waals surface area contributed by atoms with Crippen LogP contribution in [0.1, 0.15) is 29.8 Å². The molecule has 0 unspecified atom stereocenters. The molecule has 1 aromatic heterocycles. The van der Waals surface area contributed by atoms with Gasteiger partial charge in [-0.15, -0.1) is 0 Å². The molecule has 8 heteroatoms. The number of phenols is 1. The van der Waals surface area contributed by atoms with Crippen LogP contribution in [0.4, 0.5) is 17.6 Å². The monoisotopic (exact) mass is 418 g/mol. The van der Waals surface area contributed by atoms with Crippen molar-refractivity contribution in [2.75, 3.05) is 6.54 Å². The number of benzene rings is 1. The topological polar surface area (TPSA) is 36.4 Å². The molecular formula is C17H15BrF4N2O. The van der Waals surface area contributed by atoms with Gasteiger partial charge in [-0.3, -0.25) is 9.88 Å². The number of fused-ring (bicyclic) bond motifs is 1. The van der Waals surface area contributed by atoms with E-state index < -0.39 is 30.6 Å². The van der Waals surface area contributed by atoms with Crippen LogP contribution in [0, 0.1) is 5.82 Å². The van der Waals surface area contributed by atoms with Crippen LogP contribution in [-0.4, -0.2) is 33.8 Å². The highest BCUT2D eigenvalue weighted by Gasteiger charge is 2.42. The standard InChI is InChI=1S/C17H15BrF4N2O/c1-9-4-10-5-12(25)2-3-13(10)16(24(9)8-17(20,21)22)15-14(19)6-11(18)7-23-15/h2-3,5-7,9,16,25H,4,8H2,1H3/t9-,16+/m1/s1. The number of hydrogen-bond donors (Lipinski definition) is 1. The average Bonchev–Trinajstić information content (AvgIpc) is 2.48. The average molecular weight is 419 g/mol. The van der Waals surface area contributed by atoms with Gasteiger partial charge in [0.2, 0.25) is 0 Å². The Morgan fingerprint density at radius 3 is 2.68 bits per heavy atom. The minimum absolute atomic E-state index is 0.0261. The third-order valence-corrected chi connectivity index (χ3v) is 4.73. The lowest BCUT2D eigenvalue weighted by Crippen LogP contribution is -2.47. The molecule has 0 bridgehead atoms. The van der Waals surface area contributed by atoms with Gasteiger partial charge in [-0.2, -0.15) is 13.2 Å². The van der Waals surface area contributed by atoms with Gasteiger partial charge in [0, 0.05) is 16.7 Å². The lowest BCUT2D eigenvalue weighted by atomic mass is 9.86. The number of aromatic nitrogens is 1. The van der Waals surface area contributed by atoms with E-state index in [1.165, 1.54) is 35.4 Å². The van der Waals surface area contributed by atoms with Gasteiger partial charge >= 0.3 is 6.18 Å². The van der Waals surface area contributed by atoms with Gasteiger partial charge in [0.1, 0.15) is 11.6 Å². The third-order valence-electron chi connectivity index (χ3n) is 4.29. The number of pyridine rings is 1. The maximum atomic E-state index is 14.5. The summed E-state index contributed by atoms with van der Waals surface area (Å²) in [6.07, 6.45) is -2.73. The van der Waals surface area contributed by atoms with E-state index in [0.717, 1.165) is 0 Å². The maximum Gasteiger partial charge on any atom is 0.401 e. The Kier molecular flexibility index (Phi) is 4.76. The molecule has 3 nitrogen and oxygen atoms in total. The molecule has 1 aromatic carbocycles. The Balaban J connectivity index is 2.16. The molecule has 2 atom stereocenters. The van der Waals surface area contributed by atoms with E-state index in [9.17, 15) is 22.7 Å². The Bertz CT molecular complexity index is 797. The quantitative estimate of drug-likeness (QED) is 0.724. The lowest BCUT2D eigenvalue weighted by Gasteiger charge is -2.42. The van der Waals surface area contributed by atoms with Crippen molar-refractivity contribution in [3.8, 4) is 5.75 Å². The second-order valence-corrected chi connectivity index (χ2v) is 7.06. The zero-order valence-electron chi connectivity index (χ0n) is 13.2. The molecule has 1 aliphatic heterocycles. The predicted molar refractivity (Wildman–Crippen MR) is 87.8 cm³/mol. The summed E-state index contributed by atoms with van der Waals surface area (Å²) in [5, 5.41) is 9.69. The summed E-state index contributed by atoms with van der Waals surface area (Å²) in [6.45, 7) is 0.485. The van der Waals surface area contributed by atoms with Gasteiger partial charge in [0.15, 0.2) is 0 Å². The zero-order chi connectivity index (χ0) is 18.4. The molecule has 0 spiro atoms. The van der Waals surface area contributed by atoms with Crippen molar-refractivity contribution in [2.45, 2.75) is 31.6 Å². The van der Waals surface area contributed by atoms with Gasteiger partial charge in [-0.05, 0) is 58.6 Å². The van der Waals surface area contributed by atoms with Crippen molar-refractivity contribution in [1.82, 2.24) is 9.88 Å². The fourth-order valence-electron chi connectivity index (χ4n) is 3.29. The summed E-state index contributed by atoms with van der Waals surface area (Å²) in [5.41, 5.74) is 1.15. The number of rotatable bonds is 2. The van der Waals surface area contributed by atoms with Gasteiger partial charge in [0.05, 0.1) is 18.3 Å². The lowest BCUT2D eigenvalue weighted by molar-refractivity contribution is -0.155. The zero-order valence-corrected chi connectivity index (χ0v) is 14.8. The Morgan fingerprint density at radius 2 is 2.04 bits per heavy atom. The number of hydrogen-bond acceptors (Lipinski definition) is 3. The van der Waals surface area contributed by atoms with E-state index in [-0.39, 0.29) is 11.4 Å². The predicted octanol–water partition coefficient (Wildman–Crippen LogP) is 4.59. The van der Waals surface area contributed by atoms with Gasteiger partial charge in [-0.1, -0.05) is 6.07 Å². The minimum Gasteiger partial charge on any atom is -0.508 e. The number of alkyl halides is 3. The Labute approximate surface area is 150 Å². The number of phenolic OH excluding ortho intramolecular Hbond substituents is 1. The summed E-state index contributed by atoms with van der Waals surface area (Å²) < 4.78 is 54.2. The SMILES string of the molecule is C[C@@H]1Cc2cc(O)ccc2[C@@H](c2ncc(Br)cc2F)N1CC(F)(F)F. The highest BCUT2D eigenvalue weighted by Crippen LogP contribution is 2.40. The van der Waals surface area contributed by atoms with Crippen LogP contribution >= 0.6 is 15.9 Å². The first-order chi connectivity index (χ1) is 11.7. The van der Waals surface area contributed by atoms with Crippen LogP contribution in [-0.2, 0) is 6.42 Å². The highest BCUT2D eigenvalue weighted by molar-refractivity contribution is 9.10. The molecule has 0 radical (unpaired) electrons. The molecular weight excluding hydrogens is 404 g/mol. The largest absolute Gasteiger partial charge is 0.508 e. The van der Waals surface area contributed by atoms with Gasteiger partial charge in [-0.25, -0.2) is 4.39 Å².